The summed E-state index contributed by atoms with van der Waals surface area (Å²) in [7, 11) is 0. The van der Waals surface area contributed by atoms with Gasteiger partial charge in [0.1, 0.15) is 11.5 Å². The molecule has 0 atom stereocenters. The topological polar surface area (TPSA) is 40.5 Å². The van der Waals surface area contributed by atoms with Gasteiger partial charge in [0.15, 0.2) is 0 Å². The summed E-state index contributed by atoms with van der Waals surface area (Å²) >= 11 is 1.71. The molecule has 25 heavy (non-hydrogen) atoms. The summed E-state index contributed by atoms with van der Waals surface area (Å²) in [6, 6.07) is 11.9. The summed E-state index contributed by atoms with van der Waals surface area (Å²) in [5.41, 5.74) is 3.69. The van der Waals surface area contributed by atoms with Crippen molar-refractivity contribution in [2.75, 3.05) is 0 Å². The molecule has 0 aliphatic rings. The van der Waals surface area contributed by atoms with E-state index in [0.29, 0.717) is 11.5 Å². The molecule has 0 aromatic heterocycles. The normalized spacial score (nSPS) is 12.4. The van der Waals surface area contributed by atoms with Gasteiger partial charge in [0, 0.05) is 22.6 Å². The predicted octanol–water partition coefficient (Wildman–Crippen LogP) is 6.13. The highest BCUT2D eigenvalue weighted by Crippen LogP contribution is 2.37. The van der Waals surface area contributed by atoms with Gasteiger partial charge < -0.3 is 10.2 Å². The molecule has 2 nitrogen and oxygen atoms in total. The van der Waals surface area contributed by atoms with E-state index in [-0.39, 0.29) is 10.8 Å². The van der Waals surface area contributed by atoms with E-state index in [4.69, 9.17) is 0 Å². The lowest BCUT2D eigenvalue weighted by Gasteiger charge is -2.22. The van der Waals surface area contributed by atoms with Gasteiger partial charge in [-0.15, -0.1) is 0 Å². The van der Waals surface area contributed by atoms with Crippen molar-refractivity contribution in [3.63, 3.8) is 0 Å². The van der Waals surface area contributed by atoms with Crippen molar-refractivity contribution >= 4 is 11.8 Å². The highest BCUT2D eigenvalue weighted by molar-refractivity contribution is 7.97. The maximum atomic E-state index is 10.6. The van der Waals surface area contributed by atoms with Crippen LogP contribution in [0.4, 0.5) is 0 Å². The molecular weight excluding hydrogens is 328 g/mol. The number of phenols is 2. The van der Waals surface area contributed by atoms with Gasteiger partial charge in [-0.2, -0.15) is 11.8 Å². The van der Waals surface area contributed by atoms with Crippen LogP contribution in [0.5, 0.6) is 11.5 Å². The van der Waals surface area contributed by atoms with E-state index in [0.717, 1.165) is 33.8 Å². The highest BCUT2D eigenvalue weighted by Gasteiger charge is 2.21. The summed E-state index contributed by atoms with van der Waals surface area (Å²) in [5, 5.41) is 21.1. The summed E-state index contributed by atoms with van der Waals surface area (Å²) in [4.78, 5) is 0. The number of rotatable bonds is 4. The third kappa shape index (κ3) is 4.72. The van der Waals surface area contributed by atoms with E-state index in [9.17, 15) is 10.2 Å². The number of hydrogen-bond donors (Lipinski definition) is 2. The molecule has 0 fully saturated rings. The molecule has 0 spiro atoms. The lowest BCUT2D eigenvalue weighted by atomic mass is 9.85. The second kappa shape index (κ2) is 7.33. The van der Waals surface area contributed by atoms with Gasteiger partial charge in [-0.05, 0) is 22.0 Å². The number of para-hydroxylation sites is 2. The molecule has 0 bridgehead atoms. The zero-order valence-electron chi connectivity index (χ0n) is 16.2. The van der Waals surface area contributed by atoms with Crippen LogP contribution in [0.2, 0.25) is 0 Å². The van der Waals surface area contributed by atoms with Crippen molar-refractivity contribution < 1.29 is 10.2 Å². The Bertz CT molecular complexity index is 673. The summed E-state index contributed by atoms with van der Waals surface area (Å²) in [5.74, 6) is 2.23. The Labute approximate surface area is 156 Å². The highest BCUT2D eigenvalue weighted by atomic mass is 32.2. The van der Waals surface area contributed by atoms with Crippen LogP contribution in [0.25, 0.3) is 0 Å². The maximum absolute atomic E-state index is 10.6. The monoisotopic (exact) mass is 358 g/mol. The molecule has 0 aliphatic heterocycles. The van der Waals surface area contributed by atoms with Gasteiger partial charge in [-0.25, -0.2) is 0 Å². The molecule has 2 N–H and O–H groups in total. The molecule has 0 radical (unpaired) electrons. The largest absolute Gasteiger partial charge is 0.507 e. The Morgan fingerprint density at radius 3 is 1.36 bits per heavy atom. The molecule has 0 saturated heterocycles. The van der Waals surface area contributed by atoms with Gasteiger partial charge in [0.2, 0.25) is 0 Å². The van der Waals surface area contributed by atoms with E-state index < -0.39 is 0 Å². The summed E-state index contributed by atoms with van der Waals surface area (Å²) in [6.07, 6.45) is 0. The van der Waals surface area contributed by atoms with Gasteiger partial charge in [0.25, 0.3) is 0 Å². The van der Waals surface area contributed by atoms with Crippen LogP contribution < -0.4 is 0 Å². The van der Waals surface area contributed by atoms with E-state index in [1.54, 1.807) is 11.8 Å². The van der Waals surface area contributed by atoms with E-state index in [1.165, 1.54) is 0 Å². The second-order valence-corrected chi connectivity index (χ2v) is 9.61. The van der Waals surface area contributed by atoms with Crippen molar-refractivity contribution in [1.82, 2.24) is 0 Å². The van der Waals surface area contributed by atoms with Crippen molar-refractivity contribution in [2.24, 2.45) is 0 Å². The van der Waals surface area contributed by atoms with Crippen molar-refractivity contribution in [2.45, 2.75) is 63.9 Å². The van der Waals surface area contributed by atoms with Crippen molar-refractivity contribution in [3.05, 3.63) is 58.7 Å². The molecule has 2 aromatic carbocycles. The Hall–Kier alpha value is -1.61. The number of benzene rings is 2. The summed E-state index contributed by atoms with van der Waals surface area (Å²) < 4.78 is 0. The van der Waals surface area contributed by atoms with Gasteiger partial charge in [-0.3, -0.25) is 0 Å². The van der Waals surface area contributed by atoms with Crippen LogP contribution in [0, 0.1) is 0 Å². The minimum atomic E-state index is -0.0793. The number of hydrogen-bond acceptors (Lipinski definition) is 3. The zero-order chi connectivity index (χ0) is 18.8. The third-order valence-electron chi connectivity index (χ3n) is 4.37. The third-order valence-corrected chi connectivity index (χ3v) is 5.40. The van der Waals surface area contributed by atoms with E-state index in [2.05, 4.69) is 41.5 Å². The molecule has 0 aliphatic carbocycles. The average molecular weight is 359 g/mol. The van der Waals surface area contributed by atoms with E-state index >= 15 is 0 Å². The molecular formula is C22H30O2S. The fourth-order valence-corrected chi connectivity index (χ4v) is 3.90. The van der Waals surface area contributed by atoms with Crippen LogP contribution >= 0.6 is 11.8 Å². The van der Waals surface area contributed by atoms with Crippen molar-refractivity contribution in [1.29, 1.82) is 0 Å². The Balaban J connectivity index is 2.13. The zero-order valence-corrected chi connectivity index (χ0v) is 17.0. The predicted molar refractivity (Wildman–Crippen MR) is 109 cm³/mol. The van der Waals surface area contributed by atoms with Crippen LogP contribution in [0.15, 0.2) is 36.4 Å². The van der Waals surface area contributed by atoms with Gasteiger partial charge in [0.05, 0.1) is 0 Å². The molecule has 0 saturated carbocycles. The molecule has 3 heteroatoms. The molecule has 2 rings (SSSR count). The number of thioether (sulfide) groups is 1. The van der Waals surface area contributed by atoms with Crippen LogP contribution in [-0.4, -0.2) is 10.2 Å². The minimum absolute atomic E-state index is 0.0793. The van der Waals surface area contributed by atoms with Gasteiger partial charge >= 0.3 is 0 Å². The fraction of sp³-hybridized carbons (Fsp3) is 0.455. The molecule has 0 unspecified atom stereocenters. The maximum Gasteiger partial charge on any atom is 0.123 e. The first-order chi connectivity index (χ1) is 11.5. The SMILES string of the molecule is CC(C)(C)c1cccc(CSCc2cccc(C(C)(C)C)c2O)c1O. The van der Waals surface area contributed by atoms with Crippen LogP contribution in [-0.2, 0) is 22.3 Å². The molecule has 0 heterocycles. The first-order valence-electron chi connectivity index (χ1n) is 8.72. The first kappa shape index (κ1) is 19.7. The molecule has 2 aromatic rings. The molecule has 136 valence electrons. The van der Waals surface area contributed by atoms with Crippen LogP contribution in [0.1, 0.15) is 63.8 Å². The standard InChI is InChI=1S/C22H30O2S/c1-21(2,3)17-11-7-9-15(19(17)23)13-25-14-16-10-8-12-18(20(16)24)22(4,5)6/h7-12,23-24H,13-14H2,1-6H3. The van der Waals surface area contributed by atoms with Crippen molar-refractivity contribution in [3.8, 4) is 11.5 Å². The number of aromatic hydroxyl groups is 2. The number of phenolic OH excluding ortho intramolecular Hbond substituents is 2. The van der Waals surface area contributed by atoms with Gasteiger partial charge in [-0.1, -0.05) is 77.9 Å². The Morgan fingerprint density at radius 2 is 1.04 bits per heavy atom. The lowest BCUT2D eigenvalue weighted by Crippen LogP contribution is -2.12. The lowest BCUT2D eigenvalue weighted by molar-refractivity contribution is 0.442. The minimum Gasteiger partial charge on any atom is -0.507 e. The molecule has 0 amide bonds. The Kier molecular flexibility index (Phi) is 5.78. The first-order valence-corrected chi connectivity index (χ1v) is 9.87. The average Bonchev–Trinajstić information content (AvgIpc) is 2.48. The second-order valence-electron chi connectivity index (χ2n) is 8.62. The van der Waals surface area contributed by atoms with E-state index in [1.807, 2.05) is 36.4 Å². The van der Waals surface area contributed by atoms with Crippen LogP contribution in [0.3, 0.4) is 0 Å². The Morgan fingerprint density at radius 1 is 0.680 bits per heavy atom. The fourth-order valence-electron chi connectivity index (χ4n) is 2.90. The summed E-state index contributed by atoms with van der Waals surface area (Å²) in [6.45, 7) is 12.6. The quantitative estimate of drug-likeness (QED) is 0.691. The smallest absolute Gasteiger partial charge is 0.123 e.